The zero-order valence-electron chi connectivity index (χ0n) is 15.1. The maximum Gasteiger partial charge on any atom is 0.267 e. The zero-order valence-corrected chi connectivity index (χ0v) is 17.4. The quantitative estimate of drug-likeness (QED) is 0.391. The highest BCUT2D eigenvalue weighted by atomic mass is 79.9. The van der Waals surface area contributed by atoms with E-state index < -0.39 is 11.8 Å². The van der Waals surface area contributed by atoms with E-state index in [9.17, 15) is 9.59 Å². The molecule has 2 aromatic carbocycles. The molecular formula is C21H12BrClN4O2. The van der Waals surface area contributed by atoms with E-state index in [1.165, 1.54) is 6.20 Å². The van der Waals surface area contributed by atoms with Crippen LogP contribution >= 0.6 is 27.5 Å². The van der Waals surface area contributed by atoms with Crippen molar-refractivity contribution in [1.82, 2.24) is 14.8 Å². The molecule has 0 radical (unpaired) electrons. The number of carbonyl (C=O) groups is 2. The predicted octanol–water partition coefficient (Wildman–Crippen LogP) is 4.95. The van der Waals surface area contributed by atoms with Gasteiger partial charge in [0.15, 0.2) is 5.65 Å². The summed E-state index contributed by atoms with van der Waals surface area (Å²) in [6.07, 6.45) is 1.45. The van der Waals surface area contributed by atoms with Crippen molar-refractivity contribution < 1.29 is 9.59 Å². The molecule has 0 saturated carbocycles. The third-order valence-corrected chi connectivity index (χ3v) is 5.66. The highest BCUT2D eigenvalue weighted by molar-refractivity contribution is 9.10. The number of benzene rings is 2. The van der Waals surface area contributed by atoms with Crippen LogP contribution in [0, 0.1) is 6.92 Å². The molecule has 5 rings (SSSR count). The number of nitrogens with zero attached hydrogens (tertiary/aromatic N) is 4. The van der Waals surface area contributed by atoms with Crippen LogP contribution in [-0.4, -0.2) is 26.6 Å². The second kappa shape index (κ2) is 6.50. The summed E-state index contributed by atoms with van der Waals surface area (Å²) >= 11 is 9.36. The fraction of sp³-hybridized carbons (Fsp3) is 0.0476. The fourth-order valence-electron chi connectivity index (χ4n) is 3.55. The number of hydrogen-bond donors (Lipinski definition) is 0. The van der Waals surface area contributed by atoms with Crippen molar-refractivity contribution in [3.8, 4) is 5.69 Å². The maximum atomic E-state index is 13.3. The van der Waals surface area contributed by atoms with Gasteiger partial charge in [-0.2, -0.15) is 5.10 Å². The van der Waals surface area contributed by atoms with E-state index >= 15 is 0 Å². The van der Waals surface area contributed by atoms with Crippen LogP contribution in [0.15, 0.2) is 59.2 Å². The molecule has 4 aromatic rings. The molecule has 0 spiro atoms. The summed E-state index contributed by atoms with van der Waals surface area (Å²) in [5.74, 6) is -0.796. The van der Waals surface area contributed by atoms with Crippen LogP contribution in [0.1, 0.15) is 26.4 Å². The van der Waals surface area contributed by atoms with Crippen LogP contribution in [-0.2, 0) is 0 Å². The number of rotatable bonds is 2. The molecule has 0 aliphatic carbocycles. The molecule has 0 atom stereocenters. The summed E-state index contributed by atoms with van der Waals surface area (Å²) in [5, 5.41) is 5.69. The number of pyridine rings is 1. The summed E-state index contributed by atoms with van der Waals surface area (Å²) < 4.78 is 2.63. The van der Waals surface area contributed by atoms with Gasteiger partial charge in [-0.3, -0.25) is 9.59 Å². The van der Waals surface area contributed by atoms with Crippen LogP contribution in [0.4, 0.5) is 5.69 Å². The van der Waals surface area contributed by atoms with Crippen molar-refractivity contribution in [2.45, 2.75) is 6.92 Å². The predicted molar refractivity (Wildman–Crippen MR) is 114 cm³/mol. The van der Waals surface area contributed by atoms with Gasteiger partial charge in [-0.25, -0.2) is 14.6 Å². The SMILES string of the molecule is Cc1nn(-c2ccc(Br)cc2)c2ncc3c(c12)C(=O)N(c1ccc(Cl)cc1)C3=O. The summed E-state index contributed by atoms with van der Waals surface area (Å²) in [5.41, 5.74) is 3.04. The Morgan fingerprint density at radius 2 is 1.59 bits per heavy atom. The highest BCUT2D eigenvalue weighted by Gasteiger charge is 2.40. The van der Waals surface area contributed by atoms with E-state index in [0.29, 0.717) is 33.0 Å². The Morgan fingerprint density at radius 1 is 0.931 bits per heavy atom. The van der Waals surface area contributed by atoms with Crippen molar-refractivity contribution in [1.29, 1.82) is 0 Å². The number of imide groups is 1. The fourth-order valence-corrected chi connectivity index (χ4v) is 3.94. The molecule has 6 nitrogen and oxygen atoms in total. The Morgan fingerprint density at radius 3 is 2.28 bits per heavy atom. The number of aryl methyl sites for hydroxylation is 1. The molecule has 8 heteroatoms. The third kappa shape index (κ3) is 2.69. The average molecular weight is 468 g/mol. The van der Waals surface area contributed by atoms with Gasteiger partial charge >= 0.3 is 0 Å². The minimum atomic E-state index is -0.405. The third-order valence-electron chi connectivity index (χ3n) is 4.88. The van der Waals surface area contributed by atoms with Gasteiger partial charge in [-0.15, -0.1) is 0 Å². The number of fused-ring (bicyclic) bond motifs is 3. The van der Waals surface area contributed by atoms with E-state index in [0.717, 1.165) is 15.1 Å². The summed E-state index contributed by atoms with van der Waals surface area (Å²) in [4.78, 5) is 31.8. The van der Waals surface area contributed by atoms with Crippen molar-refractivity contribution in [2.75, 3.05) is 4.90 Å². The Kier molecular flexibility index (Phi) is 4.04. The minimum absolute atomic E-state index is 0.274. The van der Waals surface area contributed by atoms with E-state index in [2.05, 4.69) is 26.0 Å². The Hall–Kier alpha value is -3.03. The Balaban J connectivity index is 1.70. The normalized spacial score (nSPS) is 13.4. The first-order valence-corrected chi connectivity index (χ1v) is 9.91. The molecule has 1 aliphatic rings. The van der Waals surface area contributed by atoms with E-state index in [1.54, 1.807) is 28.9 Å². The highest BCUT2D eigenvalue weighted by Crippen LogP contribution is 2.34. The van der Waals surface area contributed by atoms with Crippen molar-refractivity contribution in [3.05, 3.63) is 81.0 Å². The molecule has 2 amide bonds. The molecule has 1 aliphatic heterocycles. The van der Waals surface area contributed by atoms with Gasteiger partial charge in [0.05, 0.1) is 33.6 Å². The van der Waals surface area contributed by atoms with E-state index in [-0.39, 0.29) is 5.56 Å². The number of hydrogen-bond acceptors (Lipinski definition) is 4. The average Bonchev–Trinajstić information content (AvgIpc) is 3.18. The first-order chi connectivity index (χ1) is 14.0. The topological polar surface area (TPSA) is 68.1 Å². The largest absolute Gasteiger partial charge is 0.268 e. The Labute approximate surface area is 178 Å². The number of halogens is 2. The van der Waals surface area contributed by atoms with Gasteiger partial charge in [-0.05, 0) is 55.5 Å². The van der Waals surface area contributed by atoms with Crippen LogP contribution in [0.5, 0.6) is 0 Å². The Bertz CT molecular complexity index is 1310. The number of anilines is 1. The lowest BCUT2D eigenvalue weighted by molar-refractivity contribution is 0.0926. The van der Waals surface area contributed by atoms with Crippen LogP contribution in [0.2, 0.25) is 5.02 Å². The molecule has 142 valence electrons. The van der Waals surface area contributed by atoms with Gasteiger partial charge in [0.1, 0.15) is 0 Å². The molecular weight excluding hydrogens is 456 g/mol. The number of amides is 2. The molecule has 0 N–H and O–H groups in total. The molecule has 0 saturated heterocycles. The summed E-state index contributed by atoms with van der Waals surface area (Å²) in [6.45, 7) is 1.81. The first-order valence-electron chi connectivity index (χ1n) is 8.74. The number of carbonyl (C=O) groups excluding carboxylic acids is 2. The van der Waals surface area contributed by atoms with Crippen molar-refractivity contribution >= 4 is 56.1 Å². The van der Waals surface area contributed by atoms with Crippen LogP contribution in [0.25, 0.3) is 16.7 Å². The molecule has 2 aromatic heterocycles. The molecule has 29 heavy (non-hydrogen) atoms. The smallest absolute Gasteiger partial charge is 0.267 e. The lowest BCUT2D eigenvalue weighted by Gasteiger charge is -2.13. The molecule has 0 fully saturated rings. The van der Waals surface area contributed by atoms with Gasteiger partial charge in [0.25, 0.3) is 11.8 Å². The molecule has 3 heterocycles. The summed E-state index contributed by atoms with van der Waals surface area (Å²) in [7, 11) is 0. The minimum Gasteiger partial charge on any atom is -0.268 e. The van der Waals surface area contributed by atoms with Gasteiger partial charge in [0, 0.05) is 15.7 Å². The summed E-state index contributed by atoms with van der Waals surface area (Å²) in [6, 6.07) is 14.2. The van der Waals surface area contributed by atoms with Gasteiger partial charge in [-0.1, -0.05) is 27.5 Å². The van der Waals surface area contributed by atoms with Gasteiger partial charge in [0.2, 0.25) is 0 Å². The second-order valence-corrected chi connectivity index (χ2v) is 7.99. The lowest BCUT2D eigenvalue weighted by atomic mass is 10.1. The van der Waals surface area contributed by atoms with E-state index in [1.807, 2.05) is 31.2 Å². The van der Waals surface area contributed by atoms with Crippen molar-refractivity contribution in [2.24, 2.45) is 0 Å². The maximum absolute atomic E-state index is 13.3. The van der Waals surface area contributed by atoms with Gasteiger partial charge < -0.3 is 0 Å². The molecule has 0 unspecified atom stereocenters. The molecule has 0 bridgehead atoms. The second-order valence-electron chi connectivity index (χ2n) is 6.64. The zero-order chi connectivity index (χ0) is 20.3. The monoisotopic (exact) mass is 466 g/mol. The standard InChI is InChI=1S/C21H12BrClN4O2/c1-11-17-18-16(20(28)26(21(18)29)14-8-4-13(23)5-9-14)10-24-19(17)27(25-11)15-6-2-12(22)3-7-15/h2-10H,1H3. The number of aromatic nitrogens is 3. The van der Waals surface area contributed by atoms with Crippen LogP contribution < -0.4 is 4.90 Å². The van der Waals surface area contributed by atoms with Crippen LogP contribution in [0.3, 0.4) is 0 Å². The van der Waals surface area contributed by atoms with Crippen molar-refractivity contribution in [3.63, 3.8) is 0 Å². The van der Waals surface area contributed by atoms with E-state index in [4.69, 9.17) is 11.6 Å². The lowest BCUT2D eigenvalue weighted by Crippen LogP contribution is -2.29. The first kappa shape index (κ1) is 18.0.